The Kier molecular flexibility index (Phi) is 3.05. The highest BCUT2D eigenvalue weighted by molar-refractivity contribution is 9.10. The summed E-state index contributed by atoms with van der Waals surface area (Å²) >= 11 is 3.47. The highest BCUT2D eigenvalue weighted by Crippen LogP contribution is 2.38. The van der Waals surface area contributed by atoms with Gasteiger partial charge in [0.1, 0.15) is 11.5 Å². The fourth-order valence-electron chi connectivity index (χ4n) is 2.10. The van der Waals surface area contributed by atoms with Crippen molar-refractivity contribution in [3.63, 3.8) is 0 Å². The molecule has 0 atom stereocenters. The molecule has 0 bridgehead atoms. The summed E-state index contributed by atoms with van der Waals surface area (Å²) in [5, 5.41) is 0. The molecule has 0 aromatic carbocycles. The first kappa shape index (κ1) is 12.6. The van der Waals surface area contributed by atoms with E-state index in [-0.39, 0.29) is 5.92 Å². The Morgan fingerprint density at radius 2 is 2.11 bits per heavy atom. The predicted molar refractivity (Wildman–Crippen MR) is 77.7 cm³/mol. The van der Waals surface area contributed by atoms with Gasteiger partial charge in [-0.1, -0.05) is 13.8 Å². The standard InChI is InChI=1S/C13H16BrN5/c1-7(2)11-10(14)12(15)18-13(17-11)9-5-16-6-19(9)8-3-4-8/h5-8H,3-4H2,1-2H3,(H2,15,17,18). The second-order valence-electron chi connectivity index (χ2n) is 5.20. The van der Waals surface area contributed by atoms with E-state index in [1.54, 1.807) is 0 Å². The topological polar surface area (TPSA) is 69.6 Å². The van der Waals surface area contributed by atoms with Crippen molar-refractivity contribution in [3.8, 4) is 11.5 Å². The molecule has 2 aromatic heterocycles. The normalized spacial score (nSPS) is 15.2. The highest BCUT2D eigenvalue weighted by Gasteiger charge is 2.27. The lowest BCUT2D eigenvalue weighted by atomic mass is 10.1. The number of nitrogen functional groups attached to an aromatic ring is 1. The van der Waals surface area contributed by atoms with Gasteiger partial charge in [0.15, 0.2) is 5.82 Å². The molecule has 5 nitrogen and oxygen atoms in total. The van der Waals surface area contributed by atoms with E-state index in [4.69, 9.17) is 5.73 Å². The number of hydrogen-bond donors (Lipinski definition) is 1. The van der Waals surface area contributed by atoms with Gasteiger partial charge in [-0.25, -0.2) is 15.0 Å². The van der Waals surface area contributed by atoms with Crippen molar-refractivity contribution >= 4 is 21.7 Å². The molecule has 0 unspecified atom stereocenters. The third kappa shape index (κ3) is 2.25. The van der Waals surface area contributed by atoms with Gasteiger partial charge in [-0.15, -0.1) is 0 Å². The number of halogens is 1. The van der Waals surface area contributed by atoms with Crippen molar-refractivity contribution in [2.75, 3.05) is 5.73 Å². The average Bonchev–Trinajstić information content (AvgIpc) is 3.10. The van der Waals surface area contributed by atoms with Gasteiger partial charge < -0.3 is 10.3 Å². The van der Waals surface area contributed by atoms with E-state index in [0.29, 0.717) is 17.7 Å². The van der Waals surface area contributed by atoms with Crippen molar-refractivity contribution in [2.45, 2.75) is 38.6 Å². The van der Waals surface area contributed by atoms with Crippen LogP contribution in [0.2, 0.25) is 0 Å². The number of anilines is 1. The zero-order valence-electron chi connectivity index (χ0n) is 11.0. The number of aromatic nitrogens is 4. The molecule has 1 saturated carbocycles. The van der Waals surface area contributed by atoms with Gasteiger partial charge in [-0.3, -0.25) is 0 Å². The molecule has 0 spiro atoms. The summed E-state index contributed by atoms with van der Waals surface area (Å²) in [5.41, 5.74) is 7.86. The molecule has 2 N–H and O–H groups in total. The summed E-state index contributed by atoms with van der Waals surface area (Å²) in [6.07, 6.45) is 6.06. The third-order valence-corrected chi connectivity index (χ3v) is 4.10. The van der Waals surface area contributed by atoms with E-state index in [9.17, 15) is 0 Å². The minimum absolute atomic E-state index is 0.288. The minimum atomic E-state index is 0.288. The summed E-state index contributed by atoms with van der Waals surface area (Å²) in [7, 11) is 0. The van der Waals surface area contributed by atoms with Gasteiger partial charge in [-0.2, -0.15) is 0 Å². The van der Waals surface area contributed by atoms with E-state index in [0.717, 1.165) is 15.9 Å². The van der Waals surface area contributed by atoms with E-state index in [2.05, 4.69) is 49.3 Å². The monoisotopic (exact) mass is 321 g/mol. The van der Waals surface area contributed by atoms with Crippen LogP contribution in [0.5, 0.6) is 0 Å². The summed E-state index contributed by atoms with van der Waals surface area (Å²) in [4.78, 5) is 13.3. The number of rotatable bonds is 3. The number of imidazole rings is 1. The van der Waals surface area contributed by atoms with Crippen LogP contribution in [0.4, 0.5) is 5.82 Å². The van der Waals surface area contributed by atoms with Crippen LogP contribution in [0.3, 0.4) is 0 Å². The lowest BCUT2D eigenvalue weighted by molar-refractivity contribution is 0.739. The van der Waals surface area contributed by atoms with E-state index in [1.165, 1.54) is 12.8 Å². The number of nitrogens with zero attached hydrogens (tertiary/aromatic N) is 4. The SMILES string of the molecule is CC(C)c1nc(-c2cncn2C2CC2)nc(N)c1Br. The number of hydrogen-bond acceptors (Lipinski definition) is 4. The molecule has 0 radical (unpaired) electrons. The Bertz CT molecular complexity index is 615. The third-order valence-electron chi connectivity index (χ3n) is 3.28. The van der Waals surface area contributed by atoms with E-state index < -0.39 is 0 Å². The zero-order valence-corrected chi connectivity index (χ0v) is 12.6. The van der Waals surface area contributed by atoms with Crippen LogP contribution in [0, 0.1) is 0 Å². The quantitative estimate of drug-likeness (QED) is 0.942. The minimum Gasteiger partial charge on any atom is -0.383 e. The van der Waals surface area contributed by atoms with Gasteiger partial charge >= 0.3 is 0 Å². The smallest absolute Gasteiger partial charge is 0.180 e. The maximum Gasteiger partial charge on any atom is 0.180 e. The molecule has 3 rings (SSSR count). The Labute approximate surface area is 120 Å². The molecule has 1 aliphatic carbocycles. The van der Waals surface area contributed by atoms with Crippen LogP contribution < -0.4 is 5.73 Å². The highest BCUT2D eigenvalue weighted by atomic mass is 79.9. The molecule has 6 heteroatoms. The average molecular weight is 322 g/mol. The first-order valence-corrected chi connectivity index (χ1v) is 7.22. The summed E-state index contributed by atoms with van der Waals surface area (Å²) in [5.74, 6) is 1.43. The largest absolute Gasteiger partial charge is 0.383 e. The molecular formula is C13H16BrN5. The molecule has 0 saturated heterocycles. The first-order chi connectivity index (χ1) is 9.08. The van der Waals surface area contributed by atoms with Crippen LogP contribution >= 0.6 is 15.9 Å². The summed E-state index contributed by atoms with van der Waals surface area (Å²) in [6, 6.07) is 0.550. The second kappa shape index (κ2) is 4.59. The van der Waals surface area contributed by atoms with E-state index in [1.807, 2.05) is 12.5 Å². The zero-order chi connectivity index (χ0) is 13.6. The molecule has 0 aliphatic heterocycles. The van der Waals surface area contributed by atoms with Crippen LogP contribution in [0.1, 0.15) is 44.3 Å². The van der Waals surface area contributed by atoms with E-state index >= 15 is 0 Å². The van der Waals surface area contributed by atoms with Crippen molar-refractivity contribution in [1.29, 1.82) is 0 Å². The molecule has 2 heterocycles. The van der Waals surface area contributed by atoms with Gasteiger partial charge in [0.25, 0.3) is 0 Å². The fourth-order valence-corrected chi connectivity index (χ4v) is 2.74. The van der Waals surface area contributed by atoms with Gasteiger partial charge in [0.05, 0.1) is 22.7 Å². The fraction of sp³-hybridized carbons (Fsp3) is 0.462. The molecule has 1 fully saturated rings. The van der Waals surface area contributed by atoms with Gasteiger partial charge in [0.2, 0.25) is 0 Å². The first-order valence-electron chi connectivity index (χ1n) is 6.43. The van der Waals surface area contributed by atoms with Crippen LogP contribution in [0.25, 0.3) is 11.5 Å². The van der Waals surface area contributed by atoms with Crippen molar-refractivity contribution in [2.24, 2.45) is 0 Å². The molecule has 19 heavy (non-hydrogen) atoms. The summed E-state index contributed by atoms with van der Waals surface area (Å²) < 4.78 is 2.94. The molecule has 2 aromatic rings. The van der Waals surface area contributed by atoms with Crippen molar-refractivity contribution < 1.29 is 0 Å². The predicted octanol–water partition coefficient (Wildman–Crippen LogP) is 3.14. The van der Waals surface area contributed by atoms with Gasteiger partial charge in [-0.05, 0) is 34.7 Å². The van der Waals surface area contributed by atoms with Crippen molar-refractivity contribution in [3.05, 3.63) is 22.7 Å². The molecular weight excluding hydrogens is 306 g/mol. The Morgan fingerprint density at radius 1 is 1.37 bits per heavy atom. The Morgan fingerprint density at radius 3 is 2.74 bits per heavy atom. The Balaban J connectivity index is 2.12. The summed E-state index contributed by atoms with van der Waals surface area (Å²) in [6.45, 7) is 4.18. The van der Waals surface area contributed by atoms with Gasteiger partial charge in [0, 0.05) is 6.04 Å². The number of nitrogens with two attached hydrogens (primary N) is 1. The molecule has 0 amide bonds. The maximum atomic E-state index is 5.98. The van der Waals surface area contributed by atoms with Crippen molar-refractivity contribution in [1.82, 2.24) is 19.5 Å². The Hall–Kier alpha value is -1.43. The molecule has 1 aliphatic rings. The van der Waals surface area contributed by atoms with Crippen LogP contribution in [-0.2, 0) is 0 Å². The van der Waals surface area contributed by atoms with Crippen LogP contribution in [0.15, 0.2) is 17.0 Å². The lowest BCUT2D eigenvalue weighted by Crippen LogP contribution is -2.06. The second-order valence-corrected chi connectivity index (χ2v) is 6.00. The maximum absolute atomic E-state index is 5.98. The molecule has 100 valence electrons. The lowest BCUT2D eigenvalue weighted by Gasteiger charge is -2.12. The van der Waals surface area contributed by atoms with Crippen LogP contribution in [-0.4, -0.2) is 19.5 Å².